The second-order valence-corrected chi connectivity index (χ2v) is 12.1. The first-order valence-electron chi connectivity index (χ1n) is 14.0. The lowest BCUT2D eigenvalue weighted by Crippen LogP contribution is -2.73. The van der Waals surface area contributed by atoms with E-state index < -0.39 is 17.6 Å². The van der Waals surface area contributed by atoms with Crippen LogP contribution in [0.25, 0.3) is 11.0 Å². The summed E-state index contributed by atoms with van der Waals surface area (Å²) in [5.74, 6) is 6.29. The minimum absolute atomic E-state index is 0.0747. The van der Waals surface area contributed by atoms with E-state index in [2.05, 4.69) is 32.0 Å². The number of imide groups is 1. The zero-order chi connectivity index (χ0) is 30.2. The zero-order valence-electron chi connectivity index (χ0n) is 24.5. The van der Waals surface area contributed by atoms with Crippen molar-refractivity contribution in [3.8, 4) is 11.8 Å². The highest BCUT2D eigenvalue weighted by Gasteiger charge is 2.54. The predicted octanol–water partition coefficient (Wildman–Crippen LogP) is 2.20. The van der Waals surface area contributed by atoms with Crippen LogP contribution in [0.5, 0.6) is 0 Å². The normalized spacial score (nSPS) is 16.2. The van der Waals surface area contributed by atoms with E-state index in [9.17, 15) is 19.2 Å². The lowest BCUT2D eigenvalue weighted by atomic mass is 9.73. The largest absolute Gasteiger partial charge is 0.444 e. The van der Waals surface area contributed by atoms with Gasteiger partial charge in [-0.25, -0.2) is 19.6 Å². The second-order valence-electron chi connectivity index (χ2n) is 12.1. The summed E-state index contributed by atoms with van der Waals surface area (Å²) < 4.78 is 8.35. The lowest BCUT2D eigenvalue weighted by molar-refractivity contribution is -0.128. The number of carbonyl (C=O) groups is 3. The molecule has 12 heteroatoms. The molecule has 2 saturated heterocycles. The molecule has 0 radical (unpaired) electrons. The van der Waals surface area contributed by atoms with Crippen molar-refractivity contribution in [2.24, 2.45) is 12.5 Å². The van der Waals surface area contributed by atoms with Gasteiger partial charge >= 0.3 is 11.8 Å². The Morgan fingerprint density at radius 3 is 2.38 bits per heavy atom. The highest BCUT2D eigenvalue weighted by molar-refractivity contribution is 5.90. The summed E-state index contributed by atoms with van der Waals surface area (Å²) >= 11 is 0. The molecule has 1 aromatic carbocycles. The fourth-order valence-corrected chi connectivity index (χ4v) is 5.56. The van der Waals surface area contributed by atoms with Crippen LogP contribution in [-0.4, -0.2) is 74.2 Å². The molecule has 2 fully saturated rings. The number of anilines is 1. The van der Waals surface area contributed by atoms with Gasteiger partial charge in [0.05, 0.1) is 16.6 Å². The Labute approximate surface area is 243 Å². The SMILES string of the molecule is CCCC(C(=O)NC=O)n1c(=O)n(C)c2cc(C#Cc3cnc(N4CC5(CN(C(=O)OC(C)(C)C)C5)C4)nc3)ccc21. The standard InChI is InChI=1S/C30H35N7O5/c1-6-7-23(25(39)33-19-38)37-22-11-10-20(12-24(22)34(5)27(37)40)8-9-21-13-31-26(32-14-21)35-15-30(16-35)17-36(18-30)28(41)42-29(2,3)4/h10-14,19,23H,6-7,15-18H2,1-5H3,(H,33,38,39). The third kappa shape index (κ3) is 5.59. The van der Waals surface area contributed by atoms with Gasteiger partial charge in [-0.15, -0.1) is 0 Å². The van der Waals surface area contributed by atoms with Gasteiger partial charge in [0.1, 0.15) is 11.6 Å². The molecule has 2 aromatic heterocycles. The first-order valence-corrected chi connectivity index (χ1v) is 14.0. The molecule has 12 nitrogen and oxygen atoms in total. The number of nitrogens with one attached hydrogen (secondary N) is 1. The number of benzene rings is 1. The molecule has 42 heavy (non-hydrogen) atoms. The van der Waals surface area contributed by atoms with Crippen LogP contribution in [-0.2, 0) is 21.4 Å². The van der Waals surface area contributed by atoms with Gasteiger partial charge in [-0.3, -0.25) is 24.0 Å². The van der Waals surface area contributed by atoms with Gasteiger partial charge in [-0.05, 0) is 45.4 Å². The minimum Gasteiger partial charge on any atom is -0.444 e. The number of aryl methyl sites for hydroxylation is 1. The number of rotatable bonds is 6. The Morgan fingerprint density at radius 1 is 1.10 bits per heavy atom. The van der Waals surface area contributed by atoms with Crippen LogP contribution < -0.4 is 15.9 Å². The monoisotopic (exact) mass is 573 g/mol. The summed E-state index contributed by atoms with van der Waals surface area (Å²) in [6.45, 7) is 10.4. The topological polar surface area (TPSA) is 132 Å². The average Bonchev–Trinajstić information content (AvgIpc) is 3.13. The van der Waals surface area contributed by atoms with Gasteiger partial charge in [0.2, 0.25) is 18.3 Å². The van der Waals surface area contributed by atoms with Crippen molar-refractivity contribution in [1.82, 2.24) is 29.3 Å². The van der Waals surface area contributed by atoms with Crippen LogP contribution in [0.15, 0.2) is 35.4 Å². The number of carbonyl (C=O) groups excluding carboxylic acids is 3. The summed E-state index contributed by atoms with van der Waals surface area (Å²) in [4.78, 5) is 61.4. The van der Waals surface area contributed by atoms with Crippen molar-refractivity contribution in [1.29, 1.82) is 0 Å². The quantitative estimate of drug-likeness (QED) is 0.351. The van der Waals surface area contributed by atoms with E-state index in [-0.39, 0.29) is 17.2 Å². The fraction of sp³-hybridized carbons (Fsp3) is 0.467. The van der Waals surface area contributed by atoms with Crippen molar-refractivity contribution in [3.63, 3.8) is 0 Å². The highest BCUT2D eigenvalue weighted by Crippen LogP contribution is 2.41. The molecule has 3 aromatic rings. The maximum absolute atomic E-state index is 13.1. The molecule has 3 amide bonds. The smallest absolute Gasteiger partial charge is 0.410 e. The summed E-state index contributed by atoms with van der Waals surface area (Å²) in [5, 5.41) is 2.18. The molecule has 0 bridgehead atoms. The fourth-order valence-electron chi connectivity index (χ4n) is 5.56. The van der Waals surface area contributed by atoms with Gasteiger partial charge in [0.25, 0.3) is 0 Å². The average molecular weight is 574 g/mol. The molecule has 220 valence electrons. The van der Waals surface area contributed by atoms with E-state index >= 15 is 0 Å². The van der Waals surface area contributed by atoms with Crippen molar-refractivity contribution >= 4 is 35.4 Å². The molecular formula is C30H35N7O5. The van der Waals surface area contributed by atoms with Gasteiger partial charge < -0.3 is 14.5 Å². The first kappa shape index (κ1) is 28.9. The molecule has 0 saturated carbocycles. The molecule has 1 atom stereocenters. The van der Waals surface area contributed by atoms with Crippen LogP contribution in [0.1, 0.15) is 57.7 Å². The first-order chi connectivity index (χ1) is 19.9. The molecule has 2 aliphatic rings. The predicted molar refractivity (Wildman–Crippen MR) is 156 cm³/mol. The minimum atomic E-state index is -0.793. The molecular weight excluding hydrogens is 538 g/mol. The van der Waals surface area contributed by atoms with Crippen molar-refractivity contribution in [2.45, 2.75) is 52.2 Å². The van der Waals surface area contributed by atoms with Crippen LogP contribution in [0.3, 0.4) is 0 Å². The van der Waals surface area contributed by atoms with E-state index in [1.807, 2.05) is 27.7 Å². The van der Waals surface area contributed by atoms with E-state index in [1.54, 1.807) is 42.5 Å². The number of imidazole rings is 1. The van der Waals surface area contributed by atoms with E-state index in [0.29, 0.717) is 60.4 Å². The van der Waals surface area contributed by atoms with Crippen molar-refractivity contribution in [3.05, 3.63) is 52.2 Å². The summed E-state index contributed by atoms with van der Waals surface area (Å²) in [6, 6.07) is 4.56. The van der Waals surface area contributed by atoms with Gasteiger partial charge in [-0.1, -0.05) is 25.2 Å². The molecule has 1 N–H and O–H groups in total. The Morgan fingerprint density at radius 2 is 1.76 bits per heavy atom. The number of hydrogen-bond donors (Lipinski definition) is 1. The number of ether oxygens (including phenoxy) is 1. The summed E-state index contributed by atoms with van der Waals surface area (Å²) in [5.41, 5.74) is 1.79. The molecule has 5 rings (SSSR count). The van der Waals surface area contributed by atoms with Gasteiger partial charge in [0, 0.05) is 56.6 Å². The van der Waals surface area contributed by atoms with Crippen LogP contribution >= 0.6 is 0 Å². The summed E-state index contributed by atoms with van der Waals surface area (Å²) in [7, 11) is 1.64. The summed E-state index contributed by atoms with van der Waals surface area (Å²) in [6.07, 6.45) is 4.50. The second kappa shape index (κ2) is 11.0. The Kier molecular flexibility index (Phi) is 7.53. The van der Waals surface area contributed by atoms with Gasteiger partial charge in [0.15, 0.2) is 0 Å². The maximum atomic E-state index is 13.1. The third-order valence-electron chi connectivity index (χ3n) is 7.50. The highest BCUT2D eigenvalue weighted by atomic mass is 16.6. The van der Waals surface area contributed by atoms with E-state index in [1.165, 1.54) is 9.13 Å². The number of hydrogen-bond acceptors (Lipinski definition) is 8. The molecule has 4 heterocycles. The van der Waals surface area contributed by atoms with Gasteiger partial charge in [-0.2, -0.15) is 0 Å². The maximum Gasteiger partial charge on any atom is 0.410 e. The Balaban J connectivity index is 1.24. The Bertz CT molecular complexity index is 1640. The Hall–Kier alpha value is -4.66. The van der Waals surface area contributed by atoms with E-state index in [0.717, 1.165) is 13.1 Å². The number of aromatic nitrogens is 4. The van der Waals surface area contributed by atoms with Crippen LogP contribution in [0.4, 0.5) is 10.7 Å². The van der Waals surface area contributed by atoms with E-state index in [4.69, 9.17) is 4.74 Å². The van der Waals surface area contributed by atoms with Crippen molar-refractivity contribution in [2.75, 3.05) is 31.1 Å². The lowest BCUT2D eigenvalue weighted by Gasteiger charge is -2.59. The number of amides is 3. The van der Waals surface area contributed by atoms with Crippen LogP contribution in [0, 0.1) is 17.3 Å². The molecule has 2 aliphatic heterocycles. The van der Waals surface area contributed by atoms with Crippen LogP contribution in [0.2, 0.25) is 0 Å². The number of nitrogens with zero attached hydrogens (tertiary/aromatic N) is 6. The van der Waals surface area contributed by atoms with Crippen molar-refractivity contribution < 1.29 is 19.1 Å². The molecule has 0 aliphatic carbocycles. The zero-order valence-corrected chi connectivity index (χ0v) is 24.5. The number of likely N-dealkylation sites (tertiary alicyclic amines) is 1. The third-order valence-corrected chi connectivity index (χ3v) is 7.50. The number of fused-ring (bicyclic) bond motifs is 1. The molecule has 1 unspecified atom stereocenters. The molecule has 1 spiro atoms.